The van der Waals surface area contributed by atoms with E-state index < -0.39 is 17.6 Å². The van der Waals surface area contributed by atoms with Crippen molar-refractivity contribution in [3.05, 3.63) is 85.2 Å². The Morgan fingerprint density at radius 2 is 1.73 bits per heavy atom. The van der Waals surface area contributed by atoms with Crippen LogP contribution in [0.25, 0.3) is 33.4 Å². The molecule has 0 aliphatic heterocycles. The molecule has 4 rings (SSSR count). The van der Waals surface area contributed by atoms with Gasteiger partial charge in [0.25, 0.3) is 0 Å². The Labute approximate surface area is 211 Å². The zero-order chi connectivity index (χ0) is 27.6. The molecule has 190 valence electrons. The van der Waals surface area contributed by atoms with Gasteiger partial charge in [-0.3, -0.25) is 4.98 Å². The summed E-state index contributed by atoms with van der Waals surface area (Å²) in [4.78, 5) is 39.0. The van der Waals surface area contributed by atoms with Crippen LogP contribution in [0.1, 0.15) is 20.8 Å². The number of fused-ring (bicyclic) bond motifs is 1. The largest absolute Gasteiger partial charge is 0.478 e. The molecular weight excluding hydrogens is 482 g/mol. The Kier molecular flexibility index (Phi) is 9.80. The molecule has 37 heavy (non-hydrogen) atoms. The second-order valence-corrected chi connectivity index (χ2v) is 8.49. The lowest BCUT2D eigenvalue weighted by Crippen LogP contribution is -2.27. The Hall–Kier alpha value is -4.82. The van der Waals surface area contributed by atoms with Crippen LogP contribution >= 0.6 is 0 Å². The maximum Gasteiger partial charge on any atom is 0.373 e. The Morgan fingerprint density at radius 1 is 1.05 bits per heavy atom. The first-order valence-corrected chi connectivity index (χ1v) is 10.8. The molecule has 0 aliphatic rings. The van der Waals surface area contributed by atoms with Gasteiger partial charge in [-0.1, -0.05) is 12.6 Å². The Morgan fingerprint density at radius 3 is 2.27 bits per heavy atom. The highest BCUT2D eigenvalue weighted by Crippen LogP contribution is 2.32. The van der Waals surface area contributed by atoms with Gasteiger partial charge in [-0.05, 0) is 62.7 Å². The molecule has 8 nitrogen and oxygen atoms in total. The van der Waals surface area contributed by atoms with Crippen LogP contribution in [0.15, 0.2) is 73.6 Å². The smallest absolute Gasteiger partial charge is 0.373 e. The number of carboxylic acid groups (broad SMARTS) is 1. The third-order valence-electron chi connectivity index (χ3n) is 4.53. The number of carbonyl (C=O) groups excluding carboxylic acids is 2. The fourth-order valence-electron chi connectivity index (χ4n) is 3.09. The Bertz CT molecular complexity index is 1430. The monoisotopic (exact) mass is 506 g/mol. The third-order valence-corrected chi connectivity index (χ3v) is 4.53. The summed E-state index contributed by atoms with van der Waals surface area (Å²) in [6.07, 6.45) is 4.49. The average molecular weight is 507 g/mol. The van der Waals surface area contributed by atoms with Gasteiger partial charge >= 0.3 is 12.1 Å². The number of anilines is 1. The van der Waals surface area contributed by atoms with Crippen LogP contribution in [0.3, 0.4) is 0 Å². The van der Waals surface area contributed by atoms with E-state index in [1.165, 1.54) is 12.1 Å². The van der Waals surface area contributed by atoms with Crippen molar-refractivity contribution in [2.45, 2.75) is 26.3 Å². The van der Waals surface area contributed by atoms with Crippen LogP contribution in [0.5, 0.6) is 0 Å². The zero-order valence-electron chi connectivity index (χ0n) is 20.3. The highest BCUT2D eigenvalue weighted by molar-refractivity contribution is 5.94. The van der Waals surface area contributed by atoms with E-state index in [2.05, 4.69) is 21.9 Å². The molecule has 4 aromatic rings. The van der Waals surface area contributed by atoms with Crippen LogP contribution in [0, 0.1) is 11.6 Å². The molecule has 10 heteroatoms. The predicted molar refractivity (Wildman–Crippen MR) is 134 cm³/mol. The van der Waals surface area contributed by atoms with E-state index in [9.17, 15) is 13.6 Å². The minimum Gasteiger partial charge on any atom is -0.478 e. The number of hydrogen-bond donors (Lipinski definition) is 2. The molecule has 0 aliphatic carbocycles. The number of hydrogen-bond acceptors (Lipinski definition) is 7. The van der Waals surface area contributed by atoms with Crippen molar-refractivity contribution in [2.24, 2.45) is 0 Å². The van der Waals surface area contributed by atoms with Gasteiger partial charge in [0.05, 0.1) is 5.52 Å². The van der Waals surface area contributed by atoms with E-state index in [0.29, 0.717) is 22.8 Å². The van der Waals surface area contributed by atoms with Crippen molar-refractivity contribution in [3.63, 3.8) is 0 Å². The lowest BCUT2D eigenvalue weighted by atomic mass is 10.0. The number of aromatic nitrogens is 3. The topological polar surface area (TPSA) is 122 Å². The summed E-state index contributed by atoms with van der Waals surface area (Å²) in [7, 11) is 0. The Balaban J connectivity index is 0.000000530. The first kappa shape index (κ1) is 28.4. The molecule has 0 amide bonds. The number of pyridine rings is 1. The molecule has 2 aromatic heterocycles. The number of carboxylic acids is 1. The van der Waals surface area contributed by atoms with E-state index in [1.54, 1.807) is 18.5 Å². The second kappa shape index (κ2) is 12.8. The van der Waals surface area contributed by atoms with Gasteiger partial charge in [-0.25, -0.2) is 23.5 Å². The standard InChI is InChI=1S/C23H20F2N4.C3H4O2.CO2/c1-23(2,3)29-22-18-11-14(17-8-7-16(24)12-19(17)25)6-9-20(18)27-21(28-22)15-5-4-10-26-13-15;1-2-3(4)5;2-1-3/h4-13H,1-3H3,(H,27,28,29);2H,1H2,(H,4,5);. The fourth-order valence-corrected chi connectivity index (χ4v) is 3.09. The number of benzene rings is 2. The number of halogens is 2. The van der Waals surface area contributed by atoms with Crippen molar-refractivity contribution >= 4 is 28.8 Å². The van der Waals surface area contributed by atoms with Crippen LogP contribution in [-0.2, 0) is 14.4 Å². The molecular formula is C27H24F2N4O4. The van der Waals surface area contributed by atoms with Crippen molar-refractivity contribution in [1.29, 1.82) is 0 Å². The first-order valence-electron chi connectivity index (χ1n) is 10.8. The molecule has 0 radical (unpaired) electrons. The van der Waals surface area contributed by atoms with Crippen molar-refractivity contribution in [1.82, 2.24) is 15.0 Å². The molecule has 2 N–H and O–H groups in total. The number of aliphatic carboxylic acids is 1. The molecule has 0 fully saturated rings. The molecule has 0 saturated carbocycles. The van der Waals surface area contributed by atoms with Crippen LogP contribution in [0.4, 0.5) is 14.6 Å². The summed E-state index contributed by atoms with van der Waals surface area (Å²) < 4.78 is 27.6. The molecule has 2 aromatic carbocycles. The molecule has 0 unspecified atom stereocenters. The molecule has 0 atom stereocenters. The number of nitrogens with zero attached hydrogens (tertiary/aromatic N) is 3. The maximum absolute atomic E-state index is 14.3. The van der Waals surface area contributed by atoms with E-state index in [0.717, 1.165) is 28.6 Å². The normalized spacial score (nSPS) is 10.2. The summed E-state index contributed by atoms with van der Waals surface area (Å²) in [5.74, 6) is -0.997. The van der Waals surface area contributed by atoms with E-state index >= 15 is 0 Å². The summed E-state index contributed by atoms with van der Waals surface area (Å²) in [5, 5.41) is 11.8. The van der Waals surface area contributed by atoms with E-state index in [1.807, 2.05) is 45.0 Å². The third kappa shape index (κ3) is 8.41. The summed E-state index contributed by atoms with van der Waals surface area (Å²) in [6, 6.07) is 12.7. The first-order chi connectivity index (χ1) is 17.5. The number of nitrogens with one attached hydrogen (secondary N) is 1. The number of carbonyl (C=O) groups is 1. The molecule has 0 saturated heterocycles. The summed E-state index contributed by atoms with van der Waals surface area (Å²) in [6.45, 7) is 9.07. The van der Waals surface area contributed by atoms with Crippen LogP contribution in [0.2, 0.25) is 0 Å². The van der Waals surface area contributed by atoms with E-state index in [4.69, 9.17) is 19.7 Å². The van der Waals surface area contributed by atoms with Gasteiger partial charge in [0.2, 0.25) is 0 Å². The van der Waals surface area contributed by atoms with Crippen molar-refractivity contribution in [3.8, 4) is 22.5 Å². The highest BCUT2D eigenvalue weighted by Gasteiger charge is 2.17. The number of rotatable bonds is 4. The summed E-state index contributed by atoms with van der Waals surface area (Å²) in [5.41, 5.74) is 2.23. The van der Waals surface area contributed by atoms with Crippen molar-refractivity contribution < 1.29 is 28.3 Å². The van der Waals surface area contributed by atoms with Crippen LogP contribution < -0.4 is 5.32 Å². The zero-order valence-corrected chi connectivity index (χ0v) is 20.3. The van der Waals surface area contributed by atoms with Crippen LogP contribution in [-0.4, -0.2) is 37.7 Å². The lowest BCUT2D eigenvalue weighted by Gasteiger charge is -2.23. The lowest BCUT2D eigenvalue weighted by molar-refractivity contribution is -0.191. The average Bonchev–Trinajstić information content (AvgIpc) is 2.84. The molecule has 2 heterocycles. The van der Waals surface area contributed by atoms with Crippen molar-refractivity contribution in [2.75, 3.05) is 5.32 Å². The maximum atomic E-state index is 14.3. The summed E-state index contributed by atoms with van der Waals surface area (Å²) >= 11 is 0. The van der Waals surface area contributed by atoms with Gasteiger partial charge < -0.3 is 10.4 Å². The second-order valence-electron chi connectivity index (χ2n) is 8.49. The van der Waals surface area contributed by atoms with Gasteiger partial charge in [-0.2, -0.15) is 9.59 Å². The SMILES string of the molecule is C=CC(=O)O.CC(C)(C)Nc1nc(-c2cccnc2)nc2ccc(-c3ccc(F)cc3F)cc12.O=C=O. The quantitative estimate of drug-likeness (QED) is 0.347. The highest BCUT2D eigenvalue weighted by atomic mass is 19.1. The van der Waals surface area contributed by atoms with E-state index in [-0.39, 0.29) is 11.7 Å². The van der Waals surface area contributed by atoms with Gasteiger partial charge in [0.15, 0.2) is 5.82 Å². The van der Waals surface area contributed by atoms with Gasteiger partial charge in [0.1, 0.15) is 17.5 Å². The minimum atomic E-state index is -0.981. The van der Waals surface area contributed by atoms with Gasteiger partial charge in [-0.15, -0.1) is 0 Å². The molecule has 0 spiro atoms. The predicted octanol–water partition coefficient (Wildman–Crippen LogP) is 5.52. The molecule has 0 bridgehead atoms. The minimum absolute atomic E-state index is 0.245. The fraction of sp³-hybridized carbons (Fsp3) is 0.148. The van der Waals surface area contributed by atoms with Gasteiger partial charge in [0, 0.05) is 46.6 Å².